The highest BCUT2D eigenvalue weighted by molar-refractivity contribution is 6.29. The third-order valence-corrected chi connectivity index (χ3v) is 2.90. The van der Waals surface area contributed by atoms with Crippen LogP contribution < -0.4 is 5.32 Å². The van der Waals surface area contributed by atoms with Gasteiger partial charge in [0.05, 0.1) is 0 Å². The normalized spacial score (nSPS) is 14.8. The molecule has 1 N–H and O–H groups in total. The van der Waals surface area contributed by atoms with Gasteiger partial charge in [0.25, 0.3) is 5.91 Å². The smallest absolute Gasteiger partial charge is 0.324 e. The fraction of sp³-hybridized carbons (Fsp3) is 0.417. The Labute approximate surface area is 110 Å². The van der Waals surface area contributed by atoms with E-state index in [1.807, 2.05) is 6.92 Å². The van der Waals surface area contributed by atoms with Gasteiger partial charge in [-0.25, -0.2) is 9.78 Å². The molecule has 6 heteroatoms. The second-order valence-electron chi connectivity index (χ2n) is 4.11. The number of amides is 3. The fourth-order valence-corrected chi connectivity index (χ4v) is 2.11. The Hall–Kier alpha value is -1.62. The van der Waals surface area contributed by atoms with Crippen molar-refractivity contribution < 1.29 is 9.59 Å². The maximum atomic E-state index is 12.1. The van der Waals surface area contributed by atoms with Crippen molar-refractivity contribution in [2.75, 3.05) is 13.1 Å². The van der Waals surface area contributed by atoms with Gasteiger partial charge >= 0.3 is 6.03 Å². The van der Waals surface area contributed by atoms with Crippen LogP contribution in [0, 0.1) is 0 Å². The van der Waals surface area contributed by atoms with E-state index >= 15 is 0 Å². The van der Waals surface area contributed by atoms with Crippen molar-refractivity contribution in [3.05, 3.63) is 28.5 Å². The van der Waals surface area contributed by atoms with Gasteiger partial charge in [-0.15, -0.1) is 0 Å². The molecule has 1 fully saturated rings. The number of aryl methyl sites for hydroxylation is 1. The van der Waals surface area contributed by atoms with Crippen LogP contribution in [0.4, 0.5) is 4.79 Å². The summed E-state index contributed by atoms with van der Waals surface area (Å²) in [5.41, 5.74) is 1.18. The minimum Gasteiger partial charge on any atom is -0.336 e. The topological polar surface area (TPSA) is 62.3 Å². The Morgan fingerprint density at radius 2 is 2.33 bits per heavy atom. The summed E-state index contributed by atoms with van der Waals surface area (Å²) in [7, 11) is 0. The van der Waals surface area contributed by atoms with Crippen LogP contribution in [0.1, 0.15) is 29.4 Å². The lowest BCUT2D eigenvalue weighted by molar-refractivity contribution is 0.0829. The van der Waals surface area contributed by atoms with Crippen molar-refractivity contribution in [1.29, 1.82) is 0 Å². The van der Waals surface area contributed by atoms with E-state index in [0.717, 1.165) is 18.5 Å². The van der Waals surface area contributed by atoms with Crippen LogP contribution >= 0.6 is 11.6 Å². The molecule has 0 radical (unpaired) electrons. The molecular weight excluding hydrogens is 254 g/mol. The molecule has 1 aromatic rings. The molecule has 0 bridgehead atoms. The van der Waals surface area contributed by atoms with Gasteiger partial charge in [0, 0.05) is 24.3 Å². The summed E-state index contributed by atoms with van der Waals surface area (Å²) in [6, 6.07) is 2.84. The van der Waals surface area contributed by atoms with Gasteiger partial charge < -0.3 is 5.32 Å². The number of aromatic nitrogens is 1. The van der Waals surface area contributed by atoms with Gasteiger partial charge in [-0.2, -0.15) is 0 Å². The van der Waals surface area contributed by atoms with Crippen molar-refractivity contribution in [3.8, 4) is 0 Å². The van der Waals surface area contributed by atoms with Crippen molar-refractivity contribution in [3.63, 3.8) is 0 Å². The van der Waals surface area contributed by atoms with Crippen LogP contribution in [-0.2, 0) is 6.42 Å². The number of halogens is 1. The maximum absolute atomic E-state index is 12.1. The van der Waals surface area contributed by atoms with E-state index in [4.69, 9.17) is 11.6 Å². The lowest BCUT2D eigenvalue weighted by Gasteiger charge is -2.12. The zero-order chi connectivity index (χ0) is 13.1. The number of carbonyl (C=O) groups excluding carboxylic acids is 2. The van der Waals surface area contributed by atoms with E-state index < -0.39 is 0 Å². The Morgan fingerprint density at radius 3 is 2.94 bits per heavy atom. The average Bonchev–Trinajstić information content (AvgIpc) is 2.74. The van der Waals surface area contributed by atoms with Gasteiger partial charge in [0.1, 0.15) is 5.15 Å². The molecule has 18 heavy (non-hydrogen) atoms. The number of rotatable bonds is 3. The van der Waals surface area contributed by atoms with Crippen LogP contribution in [0.5, 0.6) is 0 Å². The van der Waals surface area contributed by atoms with Gasteiger partial charge in [-0.1, -0.05) is 24.9 Å². The molecule has 0 saturated carbocycles. The Morgan fingerprint density at radius 1 is 1.56 bits per heavy atom. The SMILES string of the molecule is CCCc1cc(C(=O)N2CCNC2=O)cc(Cl)n1. The molecule has 2 rings (SSSR count). The number of hydrogen-bond acceptors (Lipinski definition) is 3. The molecular formula is C12H14ClN3O2. The van der Waals surface area contributed by atoms with E-state index in [1.54, 1.807) is 6.07 Å². The molecule has 96 valence electrons. The van der Waals surface area contributed by atoms with E-state index in [0.29, 0.717) is 18.7 Å². The van der Waals surface area contributed by atoms with Crippen LogP contribution in [0.3, 0.4) is 0 Å². The summed E-state index contributed by atoms with van der Waals surface area (Å²) < 4.78 is 0. The molecule has 0 aliphatic carbocycles. The molecule has 1 aliphatic rings. The first-order valence-corrected chi connectivity index (χ1v) is 6.25. The first-order chi connectivity index (χ1) is 8.61. The monoisotopic (exact) mass is 267 g/mol. The van der Waals surface area contributed by atoms with Crippen molar-refractivity contribution in [2.24, 2.45) is 0 Å². The molecule has 0 unspecified atom stereocenters. The average molecular weight is 268 g/mol. The molecule has 3 amide bonds. The van der Waals surface area contributed by atoms with Crippen LogP contribution in [-0.4, -0.2) is 34.9 Å². The molecule has 2 heterocycles. The number of imide groups is 1. The highest BCUT2D eigenvalue weighted by atomic mass is 35.5. The minimum atomic E-state index is -0.357. The number of urea groups is 1. The van der Waals surface area contributed by atoms with Crippen LogP contribution in [0.2, 0.25) is 5.15 Å². The van der Waals surface area contributed by atoms with Gasteiger partial charge in [-0.3, -0.25) is 9.69 Å². The molecule has 0 aromatic carbocycles. The minimum absolute atomic E-state index is 0.281. The van der Waals surface area contributed by atoms with Crippen LogP contribution in [0.15, 0.2) is 12.1 Å². The number of carbonyl (C=O) groups is 2. The lowest BCUT2D eigenvalue weighted by Crippen LogP contribution is -2.34. The third-order valence-electron chi connectivity index (χ3n) is 2.70. The standard InChI is InChI=1S/C12H14ClN3O2/c1-2-3-9-6-8(7-10(13)15-9)11(17)16-5-4-14-12(16)18/h6-7H,2-5H2,1H3,(H,14,18). The lowest BCUT2D eigenvalue weighted by atomic mass is 10.1. The van der Waals surface area contributed by atoms with Gasteiger partial charge in [-0.05, 0) is 18.6 Å². The highest BCUT2D eigenvalue weighted by Crippen LogP contribution is 2.15. The molecule has 0 atom stereocenters. The van der Waals surface area contributed by atoms with Gasteiger partial charge in [0.2, 0.25) is 0 Å². The number of hydrogen-bond donors (Lipinski definition) is 1. The van der Waals surface area contributed by atoms with Gasteiger partial charge in [0.15, 0.2) is 0 Å². The predicted octanol–water partition coefficient (Wildman–Crippen LogP) is 1.85. The molecule has 1 aliphatic heterocycles. The summed E-state index contributed by atoms with van der Waals surface area (Å²) in [4.78, 5) is 28.9. The number of nitrogens with zero attached hydrogens (tertiary/aromatic N) is 2. The zero-order valence-corrected chi connectivity index (χ0v) is 10.8. The summed E-state index contributed by atoms with van der Waals surface area (Å²) in [6.07, 6.45) is 1.68. The van der Waals surface area contributed by atoms with Crippen LogP contribution in [0.25, 0.3) is 0 Å². The zero-order valence-electron chi connectivity index (χ0n) is 10.1. The summed E-state index contributed by atoms with van der Waals surface area (Å²) in [5, 5.41) is 2.87. The van der Waals surface area contributed by atoms with E-state index in [-0.39, 0.29) is 17.1 Å². The molecule has 1 saturated heterocycles. The summed E-state index contributed by atoms with van der Waals surface area (Å²) in [5.74, 6) is -0.327. The molecule has 1 aromatic heterocycles. The van der Waals surface area contributed by atoms with E-state index in [2.05, 4.69) is 10.3 Å². The quantitative estimate of drug-likeness (QED) is 0.850. The first kappa shape index (κ1) is 12.8. The van der Waals surface area contributed by atoms with E-state index in [9.17, 15) is 9.59 Å². The maximum Gasteiger partial charge on any atom is 0.324 e. The first-order valence-electron chi connectivity index (χ1n) is 5.88. The second-order valence-corrected chi connectivity index (χ2v) is 4.50. The Bertz CT molecular complexity index is 490. The van der Waals surface area contributed by atoms with Crippen molar-refractivity contribution in [1.82, 2.24) is 15.2 Å². The largest absolute Gasteiger partial charge is 0.336 e. The molecule has 5 nitrogen and oxygen atoms in total. The van der Waals surface area contributed by atoms with Crippen molar-refractivity contribution >= 4 is 23.5 Å². The molecule has 0 spiro atoms. The second kappa shape index (κ2) is 5.35. The highest BCUT2D eigenvalue weighted by Gasteiger charge is 2.27. The summed E-state index contributed by atoms with van der Waals surface area (Å²) >= 11 is 5.89. The predicted molar refractivity (Wildman–Crippen MR) is 67.7 cm³/mol. The Balaban J connectivity index is 2.26. The Kier molecular flexibility index (Phi) is 3.81. The number of nitrogens with one attached hydrogen (secondary N) is 1. The third kappa shape index (κ3) is 2.61. The summed E-state index contributed by atoms with van der Waals surface area (Å²) in [6.45, 7) is 2.91. The van der Waals surface area contributed by atoms with E-state index in [1.165, 1.54) is 11.0 Å². The number of pyridine rings is 1. The van der Waals surface area contributed by atoms with Crippen molar-refractivity contribution in [2.45, 2.75) is 19.8 Å². The fourth-order valence-electron chi connectivity index (χ4n) is 1.88.